The molecule has 0 saturated carbocycles. The zero-order valence-electron chi connectivity index (χ0n) is 18.8. The predicted molar refractivity (Wildman–Crippen MR) is 124 cm³/mol. The van der Waals surface area contributed by atoms with Crippen LogP contribution in [-0.2, 0) is 30.8 Å². The van der Waals surface area contributed by atoms with Crippen molar-refractivity contribution in [1.29, 1.82) is 0 Å². The molecule has 36 heavy (non-hydrogen) atoms. The van der Waals surface area contributed by atoms with E-state index in [1.165, 1.54) is 4.31 Å². The molecule has 188 valence electrons. The average Bonchev–Trinajstić information content (AvgIpc) is 2.85. The number of carbonyl (C=O) groups excluding carboxylic acids is 2. The van der Waals surface area contributed by atoms with Gasteiger partial charge in [-0.3, -0.25) is 9.59 Å². The maximum absolute atomic E-state index is 13.4. The number of benzene rings is 3. The van der Waals surface area contributed by atoms with E-state index < -0.39 is 52.0 Å². The molecule has 7 nitrogen and oxygen atoms in total. The summed E-state index contributed by atoms with van der Waals surface area (Å²) < 4.78 is 72.6. The van der Waals surface area contributed by atoms with Crippen molar-refractivity contribution in [3.63, 3.8) is 0 Å². The Balaban J connectivity index is 1.49. The van der Waals surface area contributed by atoms with Gasteiger partial charge in [-0.2, -0.15) is 4.31 Å². The highest BCUT2D eigenvalue weighted by Crippen LogP contribution is 2.36. The molecule has 1 amide bonds. The number of fused-ring (bicyclic) bond motifs is 1. The van der Waals surface area contributed by atoms with E-state index in [1.54, 1.807) is 18.2 Å². The molecule has 0 radical (unpaired) electrons. The monoisotopic (exact) mass is 518 g/mol. The Morgan fingerprint density at radius 2 is 1.69 bits per heavy atom. The van der Waals surface area contributed by atoms with Gasteiger partial charge in [0.15, 0.2) is 18.2 Å². The largest absolute Gasteiger partial charge is 0.456 e. The van der Waals surface area contributed by atoms with Crippen molar-refractivity contribution in [1.82, 2.24) is 4.31 Å². The molecule has 0 fully saturated rings. The van der Waals surface area contributed by atoms with E-state index in [-0.39, 0.29) is 23.5 Å². The lowest BCUT2D eigenvalue weighted by Gasteiger charge is -2.36. The van der Waals surface area contributed by atoms with Gasteiger partial charge in [-0.1, -0.05) is 24.3 Å². The highest BCUT2D eigenvalue weighted by Gasteiger charge is 2.38. The van der Waals surface area contributed by atoms with Gasteiger partial charge >= 0.3 is 5.97 Å². The molecule has 1 N–H and O–H groups in total. The number of carbonyl (C=O) groups is 2. The highest BCUT2D eigenvalue weighted by atomic mass is 32.2. The Morgan fingerprint density at radius 3 is 2.42 bits per heavy atom. The third kappa shape index (κ3) is 5.58. The van der Waals surface area contributed by atoms with Gasteiger partial charge in [0.05, 0.1) is 17.4 Å². The Bertz CT molecular complexity index is 1400. The van der Waals surface area contributed by atoms with Gasteiger partial charge in [-0.25, -0.2) is 21.6 Å². The van der Waals surface area contributed by atoms with Gasteiger partial charge in [0, 0.05) is 18.3 Å². The van der Waals surface area contributed by atoms with Gasteiger partial charge in [-0.05, 0) is 53.9 Å². The molecule has 3 aromatic carbocycles. The van der Waals surface area contributed by atoms with Crippen molar-refractivity contribution in [3.05, 3.63) is 95.3 Å². The number of nitrogens with zero attached hydrogens (tertiary/aromatic N) is 1. The second kappa shape index (κ2) is 10.5. The number of hydrogen-bond donors (Lipinski definition) is 1. The average molecular weight is 519 g/mol. The van der Waals surface area contributed by atoms with E-state index in [2.05, 4.69) is 5.32 Å². The van der Waals surface area contributed by atoms with Crippen molar-refractivity contribution in [2.45, 2.75) is 23.8 Å². The van der Waals surface area contributed by atoms with Crippen LogP contribution in [0.1, 0.15) is 23.6 Å². The number of esters is 1. The molecule has 0 spiro atoms. The van der Waals surface area contributed by atoms with Gasteiger partial charge in [0.1, 0.15) is 5.82 Å². The van der Waals surface area contributed by atoms with E-state index in [1.807, 2.05) is 6.07 Å². The molecular formula is C25H21F3N2O5S. The maximum Gasteiger partial charge on any atom is 0.308 e. The summed E-state index contributed by atoms with van der Waals surface area (Å²) >= 11 is 0. The van der Waals surface area contributed by atoms with Crippen LogP contribution >= 0.6 is 0 Å². The Labute approximate surface area is 205 Å². The fourth-order valence-electron chi connectivity index (χ4n) is 4.00. The van der Waals surface area contributed by atoms with Crippen molar-refractivity contribution in [2.75, 3.05) is 18.5 Å². The second-order valence-electron chi connectivity index (χ2n) is 8.08. The zero-order valence-corrected chi connectivity index (χ0v) is 19.6. The van der Waals surface area contributed by atoms with Gasteiger partial charge in [-0.15, -0.1) is 0 Å². The van der Waals surface area contributed by atoms with Crippen LogP contribution in [0.2, 0.25) is 0 Å². The molecular weight excluding hydrogens is 497 g/mol. The molecule has 1 atom stereocenters. The van der Waals surface area contributed by atoms with E-state index in [9.17, 15) is 31.2 Å². The zero-order chi connectivity index (χ0) is 25.9. The first-order chi connectivity index (χ1) is 17.1. The fourth-order valence-corrected chi connectivity index (χ4v) is 5.61. The first kappa shape index (κ1) is 25.4. The van der Waals surface area contributed by atoms with Crippen LogP contribution in [0.15, 0.2) is 71.6 Å². The minimum Gasteiger partial charge on any atom is -0.456 e. The number of hydrogen-bond acceptors (Lipinski definition) is 5. The van der Waals surface area contributed by atoms with Crippen molar-refractivity contribution >= 4 is 27.6 Å². The van der Waals surface area contributed by atoms with Crippen molar-refractivity contribution in [3.8, 4) is 0 Å². The normalized spacial score (nSPS) is 15.7. The first-order valence-electron chi connectivity index (χ1n) is 10.9. The lowest BCUT2D eigenvalue weighted by Crippen LogP contribution is -2.41. The lowest BCUT2D eigenvalue weighted by atomic mass is 9.92. The summed E-state index contributed by atoms with van der Waals surface area (Å²) in [6, 6.07) is 13.3. The maximum atomic E-state index is 13.4. The molecule has 4 rings (SSSR count). The number of halogens is 3. The first-order valence-corrected chi connectivity index (χ1v) is 12.3. The number of anilines is 1. The van der Waals surface area contributed by atoms with Crippen LogP contribution in [-0.4, -0.2) is 37.8 Å². The molecule has 1 aliphatic heterocycles. The van der Waals surface area contributed by atoms with Crippen LogP contribution in [0, 0.1) is 17.5 Å². The molecule has 3 aromatic rings. The van der Waals surface area contributed by atoms with E-state index in [0.717, 1.165) is 48.0 Å². The smallest absolute Gasteiger partial charge is 0.308 e. The fraction of sp³-hybridized carbons (Fsp3) is 0.200. The van der Waals surface area contributed by atoms with Gasteiger partial charge in [0.25, 0.3) is 5.91 Å². The molecule has 0 aliphatic carbocycles. The van der Waals surface area contributed by atoms with E-state index >= 15 is 0 Å². The molecule has 1 unspecified atom stereocenters. The molecule has 11 heteroatoms. The van der Waals surface area contributed by atoms with Crippen molar-refractivity contribution < 1.29 is 35.9 Å². The summed E-state index contributed by atoms with van der Waals surface area (Å²) in [5, 5.41) is 2.28. The topological polar surface area (TPSA) is 92.8 Å². The van der Waals surface area contributed by atoms with Crippen LogP contribution in [0.3, 0.4) is 0 Å². The number of ether oxygens (including phenoxy) is 1. The Kier molecular flexibility index (Phi) is 7.41. The number of amides is 1. The Morgan fingerprint density at radius 1 is 0.972 bits per heavy atom. The summed E-state index contributed by atoms with van der Waals surface area (Å²) in [4.78, 5) is 24.6. The summed E-state index contributed by atoms with van der Waals surface area (Å²) in [6.45, 7) is -0.623. The van der Waals surface area contributed by atoms with Gasteiger partial charge in [0.2, 0.25) is 10.0 Å². The van der Waals surface area contributed by atoms with Crippen molar-refractivity contribution in [2.24, 2.45) is 0 Å². The summed E-state index contributed by atoms with van der Waals surface area (Å²) in [6.07, 6.45) is 0.0364. The SMILES string of the molecule is O=C(COC(=O)CC1c2ccccc2CCN1S(=O)(=O)c1ccc(F)cc1)Nc1ccc(F)c(F)c1. The molecule has 0 aromatic heterocycles. The molecule has 0 bridgehead atoms. The summed E-state index contributed by atoms with van der Waals surface area (Å²) in [5.41, 5.74) is 1.47. The van der Waals surface area contributed by atoms with Crippen LogP contribution in [0.4, 0.5) is 18.9 Å². The minimum atomic E-state index is -4.08. The quantitative estimate of drug-likeness (QED) is 0.478. The third-order valence-electron chi connectivity index (χ3n) is 5.71. The van der Waals surface area contributed by atoms with Crippen LogP contribution < -0.4 is 5.32 Å². The highest BCUT2D eigenvalue weighted by molar-refractivity contribution is 7.89. The number of sulfonamides is 1. The Hall–Kier alpha value is -3.70. The third-order valence-corrected chi connectivity index (χ3v) is 7.63. The molecule has 1 heterocycles. The summed E-state index contributed by atoms with van der Waals surface area (Å²) in [5.74, 6) is -4.43. The molecule has 0 saturated heterocycles. The number of rotatable bonds is 7. The van der Waals surface area contributed by atoms with E-state index in [0.29, 0.717) is 12.0 Å². The standard InChI is InChI=1S/C25H21F3N2O5S/c26-17-5-8-19(9-6-17)36(33,34)30-12-11-16-3-1-2-4-20(16)23(30)14-25(32)35-15-24(31)29-18-7-10-21(27)22(28)13-18/h1-10,13,23H,11-12,14-15H2,(H,29,31). The number of nitrogens with one attached hydrogen (secondary N) is 1. The van der Waals surface area contributed by atoms with Crippen LogP contribution in [0.25, 0.3) is 0 Å². The van der Waals surface area contributed by atoms with Gasteiger partial charge < -0.3 is 10.1 Å². The molecule has 1 aliphatic rings. The lowest BCUT2D eigenvalue weighted by molar-refractivity contribution is -0.148. The minimum absolute atomic E-state index is 0.0206. The summed E-state index contributed by atoms with van der Waals surface area (Å²) in [7, 11) is -4.08. The predicted octanol–water partition coefficient (Wildman–Crippen LogP) is 3.96. The van der Waals surface area contributed by atoms with Crippen LogP contribution in [0.5, 0.6) is 0 Å². The van der Waals surface area contributed by atoms with E-state index in [4.69, 9.17) is 4.74 Å². The second-order valence-corrected chi connectivity index (χ2v) is 9.97.